The standard InChI is InChI=1S/C22H22Cl2N4S/c1-2-3-12-28-21(20(26-22(28)29)17-7-4-5-11-25-17)19-8-6-13-27(19)18-10-9-15(23)14-16(18)24/h4-11,13-14,20-21H,2-3,12H2,1H3,(H,26,29)/t20-,21-/m1/s1. The third kappa shape index (κ3) is 4.00. The Labute approximate surface area is 186 Å². The SMILES string of the molecule is CCCCN1C(=S)N[C@H](c2ccccn2)[C@H]1c1cccn1-c1ccc(Cl)cc1Cl. The Kier molecular flexibility index (Phi) is 6.09. The summed E-state index contributed by atoms with van der Waals surface area (Å²) in [5.41, 5.74) is 2.96. The van der Waals surface area contributed by atoms with Gasteiger partial charge in [-0.1, -0.05) is 42.6 Å². The third-order valence-electron chi connectivity index (χ3n) is 5.20. The maximum Gasteiger partial charge on any atom is 0.170 e. The van der Waals surface area contributed by atoms with Gasteiger partial charge >= 0.3 is 0 Å². The molecule has 7 heteroatoms. The van der Waals surface area contributed by atoms with Crippen molar-refractivity contribution in [2.45, 2.75) is 31.8 Å². The van der Waals surface area contributed by atoms with Crippen molar-refractivity contribution in [1.29, 1.82) is 0 Å². The topological polar surface area (TPSA) is 33.1 Å². The van der Waals surface area contributed by atoms with E-state index in [1.807, 2.05) is 48.8 Å². The second kappa shape index (κ2) is 8.74. The summed E-state index contributed by atoms with van der Waals surface area (Å²) >= 11 is 18.4. The van der Waals surface area contributed by atoms with Crippen LogP contribution in [0.4, 0.5) is 0 Å². The van der Waals surface area contributed by atoms with Gasteiger partial charge in [0.25, 0.3) is 0 Å². The number of aromatic nitrogens is 2. The molecule has 3 aromatic rings. The van der Waals surface area contributed by atoms with Crippen LogP contribution >= 0.6 is 35.4 Å². The molecule has 3 heterocycles. The molecule has 1 aliphatic rings. The van der Waals surface area contributed by atoms with E-state index in [9.17, 15) is 0 Å². The highest BCUT2D eigenvalue weighted by molar-refractivity contribution is 7.80. The lowest BCUT2D eigenvalue weighted by Gasteiger charge is -2.29. The summed E-state index contributed by atoms with van der Waals surface area (Å²) in [6.45, 7) is 3.07. The van der Waals surface area contributed by atoms with Crippen LogP contribution in [0.25, 0.3) is 5.69 Å². The first-order valence-electron chi connectivity index (χ1n) is 9.71. The van der Waals surface area contributed by atoms with E-state index in [0.717, 1.165) is 41.6 Å². The highest BCUT2D eigenvalue weighted by Gasteiger charge is 2.40. The van der Waals surface area contributed by atoms with E-state index in [4.69, 9.17) is 35.4 Å². The Balaban J connectivity index is 1.81. The lowest BCUT2D eigenvalue weighted by molar-refractivity contribution is 0.304. The van der Waals surface area contributed by atoms with Gasteiger partial charge in [0.05, 0.1) is 28.5 Å². The summed E-state index contributed by atoms with van der Waals surface area (Å²) in [5, 5.41) is 5.48. The van der Waals surface area contributed by atoms with Gasteiger partial charge in [0.1, 0.15) is 0 Å². The van der Waals surface area contributed by atoms with Crippen LogP contribution in [-0.4, -0.2) is 26.1 Å². The maximum atomic E-state index is 6.53. The number of nitrogens with zero attached hydrogens (tertiary/aromatic N) is 3. The fraction of sp³-hybridized carbons (Fsp3) is 0.273. The van der Waals surface area contributed by atoms with Crippen molar-refractivity contribution in [3.8, 4) is 5.69 Å². The van der Waals surface area contributed by atoms with Crippen LogP contribution in [0, 0.1) is 0 Å². The van der Waals surface area contributed by atoms with Crippen molar-refractivity contribution in [3.63, 3.8) is 0 Å². The van der Waals surface area contributed by atoms with Gasteiger partial charge in [-0.25, -0.2) is 0 Å². The van der Waals surface area contributed by atoms with Gasteiger partial charge in [-0.2, -0.15) is 0 Å². The molecule has 0 radical (unpaired) electrons. The Hall–Kier alpha value is -2.08. The number of halogens is 2. The van der Waals surface area contributed by atoms with Crippen molar-refractivity contribution < 1.29 is 0 Å². The van der Waals surface area contributed by atoms with Crippen molar-refractivity contribution >= 4 is 40.5 Å². The van der Waals surface area contributed by atoms with Crippen LogP contribution in [-0.2, 0) is 0 Å². The Morgan fingerprint density at radius 1 is 1.14 bits per heavy atom. The van der Waals surface area contributed by atoms with Crippen LogP contribution in [0.1, 0.15) is 43.2 Å². The molecule has 0 amide bonds. The Morgan fingerprint density at radius 3 is 2.72 bits per heavy atom. The summed E-state index contributed by atoms with van der Waals surface area (Å²) in [5.74, 6) is 0. The van der Waals surface area contributed by atoms with Gasteiger partial charge in [-0.15, -0.1) is 0 Å². The van der Waals surface area contributed by atoms with E-state index in [-0.39, 0.29) is 12.1 Å². The number of thiocarbonyl (C=S) groups is 1. The van der Waals surface area contributed by atoms with Crippen molar-refractivity contribution in [3.05, 3.63) is 82.4 Å². The van der Waals surface area contributed by atoms with E-state index < -0.39 is 0 Å². The normalized spacial score (nSPS) is 18.9. The smallest absolute Gasteiger partial charge is 0.170 e. The molecule has 29 heavy (non-hydrogen) atoms. The predicted molar refractivity (Wildman–Crippen MR) is 123 cm³/mol. The van der Waals surface area contributed by atoms with Crippen molar-refractivity contribution in [2.75, 3.05) is 6.54 Å². The molecule has 0 spiro atoms. The number of pyridine rings is 1. The number of unbranched alkanes of at least 4 members (excludes halogenated alkanes) is 1. The minimum absolute atomic E-state index is 0.00527. The van der Waals surface area contributed by atoms with Crippen molar-refractivity contribution in [2.24, 2.45) is 0 Å². The van der Waals surface area contributed by atoms with Crippen LogP contribution in [0.3, 0.4) is 0 Å². The zero-order chi connectivity index (χ0) is 20.4. The first-order valence-corrected chi connectivity index (χ1v) is 10.9. The molecule has 0 unspecified atom stereocenters. The summed E-state index contributed by atoms with van der Waals surface area (Å²) in [6, 6.07) is 15.7. The molecule has 0 bridgehead atoms. The molecule has 1 aliphatic heterocycles. The van der Waals surface area contributed by atoms with Crippen molar-refractivity contribution in [1.82, 2.24) is 19.8 Å². The quantitative estimate of drug-likeness (QED) is 0.476. The highest BCUT2D eigenvalue weighted by Crippen LogP contribution is 2.40. The molecular weight excluding hydrogens is 423 g/mol. The summed E-state index contributed by atoms with van der Waals surface area (Å²) in [7, 11) is 0. The summed E-state index contributed by atoms with van der Waals surface area (Å²) in [6.07, 6.45) is 6.01. The first kappa shape index (κ1) is 20.2. The molecule has 4 rings (SSSR count). The van der Waals surface area contributed by atoms with Crippen LogP contribution < -0.4 is 5.32 Å². The third-order valence-corrected chi connectivity index (χ3v) is 6.09. The molecular formula is C22H22Cl2N4S. The molecule has 2 aromatic heterocycles. The molecule has 1 saturated heterocycles. The zero-order valence-corrected chi connectivity index (χ0v) is 18.4. The molecule has 1 N–H and O–H groups in total. The average molecular weight is 445 g/mol. The van der Waals surface area contributed by atoms with E-state index >= 15 is 0 Å². The van der Waals surface area contributed by atoms with E-state index in [1.54, 1.807) is 6.07 Å². The molecule has 1 aromatic carbocycles. The maximum absolute atomic E-state index is 6.53. The lowest BCUT2D eigenvalue weighted by Crippen LogP contribution is -2.31. The number of hydrogen-bond donors (Lipinski definition) is 1. The minimum atomic E-state index is -0.0414. The predicted octanol–water partition coefficient (Wildman–Crippen LogP) is 5.95. The Bertz CT molecular complexity index is 1010. The van der Waals surface area contributed by atoms with Gasteiger partial charge in [-0.3, -0.25) is 4.98 Å². The second-order valence-electron chi connectivity index (χ2n) is 7.07. The largest absolute Gasteiger partial charge is 0.352 e. The number of rotatable bonds is 6. The monoisotopic (exact) mass is 444 g/mol. The highest BCUT2D eigenvalue weighted by atomic mass is 35.5. The summed E-state index contributed by atoms with van der Waals surface area (Å²) < 4.78 is 2.12. The van der Waals surface area contributed by atoms with Crippen LogP contribution in [0.5, 0.6) is 0 Å². The molecule has 0 aliphatic carbocycles. The van der Waals surface area contributed by atoms with E-state index in [0.29, 0.717) is 10.0 Å². The van der Waals surface area contributed by atoms with Gasteiger partial charge < -0.3 is 14.8 Å². The Morgan fingerprint density at radius 2 is 2.00 bits per heavy atom. The molecule has 0 saturated carbocycles. The first-order chi connectivity index (χ1) is 14.1. The lowest BCUT2D eigenvalue weighted by atomic mass is 10.0. The van der Waals surface area contributed by atoms with E-state index in [2.05, 4.69) is 32.8 Å². The minimum Gasteiger partial charge on any atom is -0.352 e. The molecule has 1 fully saturated rings. The van der Waals surface area contributed by atoms with E-state index in [1.165, 1.54) is 0 Å². The number of nitrogens with one attached hydrogen (secondary N) is 1. The van der Waals surface area contributed by atoms with Gasteiger partial charge in [0, 0.05) is 29.7 Å². The number of hydrogen-bond acceptors (Lipinski definition) is 2. The molecule has 2 atom stereocenters. The molecule has 4 nitrogen and oxygen atoms in total. The average Bonchev–Trinajstić information content (AvgIpc) is 3.31. The second-order valence-corrected chi connectivity index (χ2v) is 8.30. The summed E-state index contributed by atoms with van der Waals surface area (Å²) in [4.78, 5) is 6.87. The number of benzene rings is 1. The van der Waals surface area contributed by atoms with Gasteiger partial charge in [0.15, 0.2) is 5.11 Å². The fourth-order valence-electron chi connectivity index (χ4n) is 3.83. The van der Waals surface area contributed by atoms with Gasteiger partial charge in [0.2, 0.25) is 0 Å². The van der Waals surface area contributed by atoms with Crippen LogP contribution in [0.2, 0.25) is 10.0 Å². The fourth-order valence-corrected chi connectivity index (χ4v) is 4.66. The zero-order valence-electron chi connectivity index (χ0n) is 16.1. The van der Waals surface area contributed by atoms with Crippen LogP contribution in [0.15, 0.2) is 60.9 Å². The van der Waals surface area contributed by atoms with Gasteiger partial charge in [-0.05, 0) is 61.1 Å². The molecule has 150 valence electrons.